The molecule has 0 radical (unpaired) electrons. The van der Waals surface area contributed by atoms with Gasteiger partial charge in [0.15, 0.2) is 5.69 Å². The van der Waals surface area contributed by atoms with Gasteiger partial charge in [0.1, 0.15) is 5.60 Å². The van der Waals surface area contributed by atoms with Crippen molar-refractivity contribution in [3.05, 3.63) is 23.8 Å². The SMILES string of the molecule is COC(=O)c1cnc(C2CCN(C(=O)OC(C)(C)C)CC2)cn1. The molecule has 1 aliphatic rings. The third-order valence-electron chi connectivity index (χ3n) is 3.63. The summed E-state index contributed by atoms with van der Waals surface area (Å²) in [5, 5.41) is 0. The molecule has 126 valence electrons. The molecule has 0 atom stereocenters. The van der Waals surface area contributed by atoms with Gasteiger partial charge in [-0.3, -0.25) is 4.98 Å². The van der Waals surface area contributed by atoms with Crippen LogP contribution in [0.2, 0.25) is 0 Å². The number of esters is 1. The van der Waals surface area contributed by atoms with Crippen molar-refractivity contribution in [2.24, 2.45) is 0 Å². The standard InChI is InChI=1S/C16H23N3O4/c1-16(2,3)23-15(21)19-7-5-11(6-8-19)12-9-18-13(10-17-12)14(20)22-4/h9-11H,5-8H2,1-4H3. The fourth-order valence-corrected chi connectivity index (χ4v) is 2.44. The second-order valence-corrected chi connectivity index (χ2v) is 6.56. The summed E-state index contributed by atoms with van der Waals surface area (Å²) < 4.78 is 9.98. The fourth-order valence-electron chi connectivity index (χ4n) is 2.44. The van der Waals surface area contributed by atoms with E-state index in [1.165, 1.54) is 13.3 Å². The van der Waals surface area contributed by atoms with Crippen LogP contribution >= 0.6 is 0 Å². The van der Waals surface area contributed by atoms with Crippen LogP contribution in [0.25, 0.3) is 0 Å². The third kappa shape index (κ3) is 4.64. The van der Waals surface area contributed by atoms with Crippen LogP contribution in [-0.2, 0) is 9.47 Å². The fraction of sp³-hybridized carbons (Fsp3) is 0.625. The lowest BCUT2D eigenvalue weighted by Gasteiger charge is -2.33. The highest BCUT2D eigenvalue weighted by molar-refractivity contribution is 5.86. The number of ether oxygens (including phenoxy) is 2. The summed E-state index contributed by atoms with van der Waals surface area (Å²) >= 11 is 0. The van der Waals surface area contributed by atoms with Crippen LogP contribution in [-0.4, -0.2) is 52.7 Å². The molecule has 2 rings (SSSR count). The van der Waals surface area contributed by atoms with Crippen molar-refractivity contribution in [3.63, 3.8) is 0 Å². The van der Waals surface area contributed by atoms with Crippen molar-refractivity contribution in [1.82, 2.24) is 14.9 Å². The quantitative estimate of drug-likeness (QED) is 0.778. The third-order valence-corrected chi connectivity index (χ3v) is 3.63. The first kappa shape index (κ1) is 17.2. The van der Waals surface area contributed by atoms with Gasteiger partial charge in [0, 0.05) is 25.2 Å². The highest BCUT2D eigenvalue weighted by Crippen LogP contribution is 2.27. The molecule has 7 heteroatoms. The minimum atomic E-state index is -0.496. The first-order valence-corrected chi connectivity index (χ1v) is 7.68. The second-order valence-electron chi connectivity index (χ2n) is 6.56. The summed E-state index contributed by atoms with van der Waals surface area (Å²) in [7, 11) is 1.31. The number of amides is 1. The maximum absolute atomic E-state index is 12.0. The van der Waals surface area contributed by atoms with E-state index in [1.807, 2.05) is 20.8 Å². The van der Waals surface area contributed by atoms with Crippen LogP contribution in [0.1, 0.15) is 55.7 Å². The van der Waals surface area contributed by atoms with Gasteiger partial charge in [0.25, 0.3) is 0 Å². The van der Waals surface area contributed by atoms with E-state index in [-0.39, 0.29) is 17.7 Å². The molecule has 0 aliphatic carbocycles. The maximum Gasteiger partial charge on any atom is 0.410 e. The van der Waals surface area contributed by atoms with E-state index in [4.69, 9.17) is 4.74 Å². The van der Waals surface area contributed by atoms with E-state index in [0.717, 1.165) is 18.5 Å². The van der Waals surface area contributed by atoms with Crippen LogP contribution in [0.5, 0.6) is 0 Å². The van der Waals surface area contributed by atoms with Gasteiger partial charge in [0.2, 0.25) is 0 Å². The Kier molecular flexibility index (Phi) is 5.18. The maximum atomic E-state index is 12.0. The number of hydrogen-bond donors (Lipinski definition) is 0. The van der Waals surface area contributed by atoms with Gasteiger partial charge < -0.3 is 14.4 Å². The van der Waals surface area contributed by atoms with Gasteiger partial charge in [-0.25, -0.2) is 14.6 Å². The van der Waals surface area contributed by atoms with Gasteiger partial charge in [-0.2, -0.15) is 0 Å². The van der Waals surface area contributed by atoms with Crippen LogP contribution < -0.4 is 0 Å². The Hall–Kier alpha value is -2.18. The van der Waals surface area contributed by atoms with E-state index in [2.05, 4.69) is 14.7 Å². The lowest BCUT2D eigenvalue weighted by atomic mass is 9.94. The second kappa shape index (κ2) is 6.93. The molecule has 1 amide bonds. The number of carbonyl (C=O) groups excluding carboxylic acids is 2. The average molecular weight is 321 g/mol. The number of hydrogen-bond acceptors (Lipinski definition) is 6. The predicted molar refractivity (Wildman–Crippen MR) is 83.2 cm³/mol. The molecular weight excluding hydrogens is 298 g/mol. The molecule has 0 saturated carbocycles. The van der Waals surface area contributed by atoms with Crippen molar-refractivity contribution in [2.45, 2.75) is 45.1 Å². The Morgan fingerprint density at radius 1 is 1.17 bits per heavy atom. The van der Waals surface area contributed by atoms with E-state index in [0.29, 0.717) is 13.1 Å². The summed E-state index contributed by atoms with van der Waals surface area (Å²) in [6.07, 6.45) is 4.36. The minimum absolute atomic E-state index is 0.197. The number of aromatic nitrogens is 2. The zero-order chi connectivity index (χ0) is 17.0. The Labute approximate surface area is 136 Å². The molecule has 0 bridgehead atoms. The Morgan fingerprint density at radius 3 is 2.30 bits per heavy atom. The van der Waals surface area contributed by atoms with Crippen LogP contribution in [0, 0.1) is 0 Å². The highest BCUT2D eigenvalue weighted by Gasteiger charge is 2.28. The normalized spacial score (nSPS) is 16.1. The van der Waals surface area contributed by atoms with Crippen LogP contribution in [0.15, 0.2) is 12.4 Å². The smallest absolute Gasteiger partial charge is 0.410 e. The molecular formula is C16H23N3O4. The molecule has 0 spiro atoms. The molecule has 1 fully saturated rings. The number of piperidine rings is 1. The van der Waals surface area contributed by atoms with Gasteiger partial charge in [0.05, 0.1) is 19.0 Å². The molecule has 0 N–H and O–H groups in total. The molecule has 2 heterocycles. The molecule has 7 nitrogen and oxygen atoms in total. The van der Waals surface area contributed by atoms with E-state index >= 15 is 0 Å². The molecule has 1 aromatic heterocycles. The Bertz CT molecular complexity index is 558. The minimum Gasteiger partial charge on any atom is -0.464 e. The number of methoxy groups -OCH3 is 1. The van der Waals surface area contributed by atoms with Crippen molar-refractivity contribution in [1.29, 1.82) is 0 Å². The first-order valence-electron chi connectivity index (χ1n) is 7.68. The monoisotopic (exact) mass is 321 g/mol. The van der Waals surface area contributed by atoms with E-state index in [9.17, 15) is 9.59 Å². The summed E-state index contributed by atoms with van der Waals surface area (Å²) in [4.78, 5) is 33.5. The summed E-state index contributed by atoms with van der Waals surface area (Å²) in [6, 6.07) is 0. The van der Waals surface area contributed by atoms with Gasteiger partial charge in [-0.15, -0.1) is 0 Å². The van der Waals surface area contributed by atoms with Gasteiger partial charge in [-0.1, -0.05) is 0 Å². The van der Waals surface area contributed by atoms with Crippen molar-refractivity contribution in [2.75, 3.05) is 20.2 Å². The van der Waals surface area contributed by atoms with Crippen molar-refractivity contribution < 1.29 is 19.1 Å². The summed E-state index contributed by atoms with van der Waals surface area (Å²) in [5.74, 6) is -0.267. The highest BCUT2D eigenvalue weighted by atomic mass is 16.6. The summed E-state index contributed by atoms with van der Waals surface area (Å²) in [5.41, 5.74) is 0.548. The molecule has 0 unspecified atom stereocenters. The van der Waals surface area contributed by atoms with Crippen molar-refractivity contribution in [3.8, 4) is 0 Å². The molecule has 1 aromatic rings. The average Bonchev–Trinajstić information content (AvgIpc) is 2.53. The van der Waals surface area contributed by atoms with Crippen molar-refractivity contribution >= 4 is 12.1 Å². The zero-order valence-electron chi connectivity index (χ0n) is 14.0. The van der Waals surface area contributed by atoms with Crippen LogP contribution in [0.4, 0.5) is 4.79 Å². The van der Waals surface area contributed by atoms with Gasteiger partial charge in [-0.05, 0) is 33.6 Å². The lowest BCUT2D eigenvalue weighted by Crippen LogP contribution is -2.41. The molecule has 1 saturated heterocycles. The number of likely N-dealkylation sites (tertiary alicyclic amines) is 1. The number of rotatable bonds is 2. The Morgan fingerprint density at radius 2 is 1.83 bits per heavy atom. The number of nitrogens with zero attached hydrogens (tertiary/aromatic N) is 3. The molecule has 23 heavy (non-hydrogen) atoms. The topological polar surface area (TPSA) is 81.6 Å². The lowest BCUT2D eigenvalue weighted by molar-refractivity contribution is 0.0203. The van der Waals surface area contributed by atoms with E-state index in [1.54, 1.807) is 11.1 Å². The molecule has 0 aromatic carbocycles. The molecule has 1 aliphatic heterocycles. The first-order chi connectivity index (χ1) is 10.8. The number of carbonyl (C=O) groups is 2. The predicted octanol–water partition coefficient (Wildman–Crippen LogP) is 2.38. The van der Waals surface area contributed by atoms with E-state index < -0.39 is 11.6 Å². The van der Waals surface area contributed by atoms with Gasteiger partial charge >= 0.3 is 12.1 Å². The van der Waals surface area contributed by atoms with Crippen LogP contribution in [0.3, 0.4) is 0 Å². The Balaban J connectivity index is 1.91. The largest absolute Gasteiger partial charge is 0.464 e. The zero-order valence-corrected chi connectivity index (χ0v) is 14.0. The summed E-state index contributed by atoms with van der Waals surface area (Å²) in [6.45, 7) is 6.82.